The van der Waals surface area contributed by atoms with Crippen LogP contribution in [0.25, 0.3) is 16.8 Å². The molecule has 2 N–H and O–H groups in total. The Labute approximate surface area is 149 Å². The molecule has 0 saturated carbocycles. The van der Waals surface area contributed by atoms with Gasteiger partial charge in [0.15, 0.2) is 0 Å². The van der Waals surface area contributed by atoms with Gasteiger partial charge in [0.1, 0.15) is 5.75 Å². The van der Waals surface area contributed by atoms with Crippen LogP contribution in [0.15, 0.2) is 42.0 Å². The monoisotopic (exact) mass is 338 g/mol. The third-order valence-electron chi connectivity index (χ3n) is 4.53. The molecule has 1 aliphatic rings. The van der Waals surface area contributed by atoms with E-state index >= 15 is 0 Å². The number of rotatable bonds is 8. The Bertz CT molecular complexity index is 768. The molecule has 25 heavy (non-hydrogen) atoms. The molecule has 3 rings (SSSR count). The van der Waals surface area contributed by atoms with E-state index in [1.165, 1.54) is 25.7 Å². The van der Waals surface area contributed by atoms with Crippen LogP contribution in [-0.4, -0.2) is 19.1 Å². The highest BCUT2D eigenvalue weighted by atomic mass is 16.5. The predicted octanol–water partition coefficient (Wildman–Crippen LogP) is 4.21. The van der Waals surface area contributed by atoms with Gasteiger partial charge in [0, 0.05) is 17.5 Å². The molecule has 1 fully saturated rings. The summed E-state index contributed by atoms with van der Waals surface area (Å²) in [5, 5.41) is 2.20. The molecule has 1 amide bonds. The van der Waals surface area contributed by atoms with E-state index in [1.807, 2.05) is 30.3 Å². The first kappa shape index (κ1) is 17.5. The summed E-state index contributed by atoms with van der Waals surface area (Å²) >= 11 is 0. The molecule has 2 aromatic rings. The molecule has 4 heteroatoms. The van der Waals surface area contributed by atoms with Gasteiger partial charge in [-0.05, 0) is 29.5 Å². The summed E-state index contributed by atoms with van der Waals surface area (Å²) in [6.45, 7) is 3.52. The van der Waals surface area contributed by atoms with Gasteiger partial charge in [-0.3, -0.25) is 10.2 Å². The topological polar surface area (TPSA) is 50.4 Å². The van der Waals surface area contributed by atoms with E-state index in [9.17, 15) is 4.79 Å². The van der Waals surface area contributed by atoms with Gasteiger partial charge in [-0.2, -0.15) is 0 Å². The zero-order chi connectivity index (χ0) is 17.5. The third-order valence-corrected chi connectivity index (χ3v) is 4.53. The Balaban J connectivity index is 1.76. The summed E-state index contributed by atoms with van der Waals surface area (Å²) in [6.07, 6.45) is 8.10. The Morgan fingerprint density at radius 3 is 2.60 bits per heavy atom. The molecule has 1 saturated heterocycles. The molecule has 2 aromatic carbocycles. The van der Waals surface area contributed by atoms with Crippen LogP contribution in [0, 0.1) is 0 Å². The van der Waals surface area contributed by atoms with Crippen molar-refractivity contribution in [1.29, 1.82) is 0 Å². The van der Waals surface area contributed by atoms with E-state index in [0.29, 0.717) is 6.54 Å². The fourth-order valence-corrected chi connectivity index (χ4v) is 3.12. The van der Waals surface area contributed by atoms with Crippen LogP contribution in [0.2, 0.25) is 0 Å². The van der Waals surface area contributed by atoms with Crippen LogP contribution in [0.4, 0.5) is 0 Å². The zero-order valence-electron chi connectivity index (χ0n) is 14.8. The van der Waals surface area contributed by atoms with Crippen LogP contribution < -0.4 is 15.6 Å². The molecule has 0 radical (unpaired) electrons. The van der Waals surface area contributed by atoms with Crippen molar-refractivity contribution in [2.24, 2.45) is 0 Å². The zero-order valence-corrected chi connectivity index (χ0v) is 14.8. The van der Waals surface area contributed by atoms with Crippen LogP contribution >= 0.6 is 0 Å². The van der Waals surface area contributed by atoms with Crippen molar-refractivity contribution in [3.8, 4) is 5.75 Å². The Kier molecular flexibility index (Phi) is 6.07. The van der Waals surface area contributed by atoms with Crippen molar-refractivity contribution >= 4 is 22.8 Å². The van der Waals surface area contributed by atoms with Gasteiger partial charge in [-0.1, -0.05) is 62.9 Å². The van der Waals surface area contributed by atoms with Crippen LogP contribution in [0.3, 0.4) is 0 Å². The number of fused-ring (bicyclic) bond motifs is 1. The molecular formula is C21H26N2O2. The van der Waals surface area contributed by atoms with Crippen LogP contribution in [0.1, 0.15) is 44.6 Å². The van der Waals surface area contributed by atoms with Gasteiger partial charge >= 0.3 is 0 Å². The number of carbonyl (C=O) groups is 1. The lowest BCUT2D eigenvalue weighted by Gasteiger charge is -2.11. The maximum atomic E-state index is 11.8. The molecule has 1 heterocycles. The number of carbonyl (C=O) groups excluding carboxylic acids is 1. The summed E-state index contributed by atoms with van der Waals surface area (Å²) in [6, 6.07) is 12.3. The quantitative estimate of drug-likeness (QED) is 0.560. The summed E-state index contributed by atoms with van der Waals surface area (Å²) in [7, 11) is 0. The first-order chi connectivity index (χ1) is 12.3. The minimum atomic E-state index is -0.0588. The van der Waals surface area contributed by atoms with Crippen molar-refractivity contribution in [2.45, 2.75) is 39.0 Å². The Morgan fingerprint density at radius 2 is 1.84 bits per heavy atom. The number of ether oxygens (including phenoxy) is 1. The molecule has 0 spiro atoms. The SMILES string of the molecule is CCCCCCCOc1ccc(/C=C2\CNNC2=O)c2ccccc12. The number of hydrogen-bond acceptors (Lipinski definition) is 3. The predicted molar refractivity (Wildman–Crippen MR) is 102 cm³/mol. The maximum absolute atomic E-state index is 11.8. The first-order valence-electron chi connectivity index (χ1n) is 9.18. The van der Waals surface area contributed by atoms with Crippen LogP contribution in [-0.2, 0) is 4.79 Å². The highest BCUT2D eigenvalue weighted by Crippen LogP contribution is 2.30. The van der Waals surface area contributed by atoms with Crippen molar-refractivity contribution in [3.63, 3.8) is 0 Å². The second kappa shape index (κ2) is 8.67. The maximum Gasteiger partial charge on any atom is 0.262 e. The molecular weight excluding hydrogens is 312 g/mol. The normalized spacial score (nSPS) is 15.7. The van der Waals surface area contributed by atoms with Gasteiger partial charge in [-0.15, -0.1) is 0 Å². The van der Waals surface area contributed by atoms with Crippen molar-refractivity contribution in [2.75, 3.05) is 13.2 Å². The molecule has 4 nitrogen and oxygen atoms in total. The molecule has 0 unspecified atom stereocenters. The van der Waals surface area contributed by atoms with E-state index in [1.54, 1.807) is 0 Å². The molecule has 0 aromatic heterocycles. The Hall–Kier alpha value is -2.33. The standard InChI is InChI=1S/C21H26N2O2/c1-2-3-4-5-8-13-25-20-12-11-16(14-17-15-22-23-21(17)24)18-9-6-7-10-19(18)20/h6-7,9-12,14,22H,2-5,8,13,15H2,1H3,(H,23,24)/b17-14+. The number of benzene rings is 2. The van der Waals surface area contributed by atoms with E-state index in [-0.39, 0.29) is 5.91 Å². The minimum Gasteiger partial charge on any atom is -0.493 e. The molecule has 132 valence electrons. The van der Waals surface area contributed by atoms with Gasteiger partial charge in [0.05, 0.1) is 6.61 Å². The van der Waals surface area contributed by atoms with Gasteiger partial charge in [0.2, 0.25) is 0 Å². The number of unbranched alkanes of at least 4 members (excludes halogenated alkanes) is 4. The summed E-state index contributed by atoms with van der Waals surface area (Å²) < 4.78 is 6.03. The number of amides is 1. The van der Waals surface area contributed by atoms with E-state index in [4.69, 9.17) is 4.74 Å². The van der Waals surface area contributed by atoms with Crippen LogP contribution in [0.5, 0.6) is 5.75 Å². The third kappa shape index (κ3) is 4.40. The molecule has 0 aliphatic carbocycles. The lowest BCUT2D eigenvalue weighted by atomic mass is 10.0. The summed E-state index contributed by atoms with van der Waals surface area (Å²) in [5.41, 5.74) is 7.26. The smallest absolute Gasteiger partial charge is 0.262 e. The second-order valence-corrected chi connectivity index (χ2v) is 6.44. The fourth-order valence-electron chi connectivity index (χ4n) is 3.12. The molecule has 0 bridgehead atoms. The summed E-state index contributed by atoms with van der Waals surface area (Å²) in [4.78, 5) is 11.8. The Morgan fingerprint density at radius 1 is 1.04 bits per heavy atom. The lowest BCUT2D eigenvalue weighted by Crippen LogP contribution is -2.25. The lowest BCUT2D eigenvalue weighted by molar-refractivity contribution is -0.116. The average Bonchev–Trinajstić information content (AvgIpc) is 3.04. The minimum absolute atomic E-state index is 0.0588. The average molecular weight is 338 g/mol. The second-order valence-electron chi connectivity index (χ2n) is 6.44. The van der Waals surface area contributed by atoms with Crippen molar-refractivity contribution in [3.05, 3.63) is 47.5 Å². The summed E-state index contributed by atoms with van der Waals surface area (Å²) in [5.74, 6) is 0.860. The largest absolute Gasteiger partial charge is 0.493 e. The van der Waals surface area contributed by atoms with E-state index in [0.717, 1.165) is 40.7 Å². The highest BCUT2D eigenvalue weighted by molar-refractivity contribution is 6.03. The van der Waals surface area contributed by atoms with Gasteiger partial charge in [0.25, 0.3) is 5.91 Å². The first-order valence-corrected chi connectivity index (χ1v) is 9.18. The van der Waals surface area contributed by atoms with Crippen molar-refractivity contribution < 1.29 is 9.53 Å². The number of hydrogen-bond donors (Lipinski definition) is 2. The number of hydrazine groups is 1. The fraction of sp³-hybridized carbons (Fsp3) is 0.381. The number of nitrogens with one attached hydrogen (secondary N) is 2. The van der Waals surface area contributed by atoms with E-state index in [2.05, 4.69) is 29.9 Å². The van der Waals surface area contributed by atoms with E-state index < -0.39 is 0 Å². The van der Waals surface area contributed by atoms with Gasteiger partial charge < -0.3 is 4.74 Å². The van der Waals surface area contributed by atoms with Gasteiger partial charge in [-0.25, -0.2) is 5.43 Å². The molecule has 0 atom stereocenters. The highest BCUT2D eigenvalue weighted by Gasteiger charge is 2.16. The van der Waals surface area contributed by atoms with Crippen molar-refractivity contribution in [1.82, 2.24) is 10.9 Å². The molecule has 1 aliphatic heterocycles.